The Morgan fingerprint density at radius 1 is 0.792 bits per heavy atom. The molecule has 0 fully saturated rings. The smallest absolute Gasteiger partial charge is 0.0232 e. The topological polar surface area (TPSA) is 50.1 Å². The van der Waals surface area contributed by atoms with E-state index in [-0.39, 0.29) is 0 Å². The van der Waals surface area contributed by atoms with E-state index < -0.39 is 0 Å². The lowest BCUT2D eigenvalue weighted by atomic mass is 10.0. The van der Waals surface area contributed by atoms with Crippen LogP contribution in [0.4, 0.5) is 0 Å². The van der Waals surface area contributed by atoms with E-state index in [0.29, 0.717) is 18.6 Å². The molecule has 2 rings (SSSR count). The van der Waals surface area contributed by atoms with E-state index in [0.717, 1.165) is 32.4 Å². The molecule has 0 unspecified atom stereocenters. The fourth-order valence-corrected chi connectivity index (χ4v) is 2.91. The van der Waals surface area contributed by atoms with E-state index in [9.17, 15) is 0 Å². The first-order valence-electron chi connectivity index (χ1n) is 9.06. The summed E-state index contributed by atoms with van der Waals surface area (Å²) in [5, 5.41) is 7.32. The molecule has 0 aliphatic carbocycles. The Labute approximate surface area is 146 Å². The number of benzene rings is 2. The van der Waals surface area contributed by atoms with Crippen LogP contribution in [0.5, 0.6) is 0 Å². The van der Waals surface area contributed by atoms with E-state index in [1.54, 1.807) is 0 Å². The summed E-state index contributed by atoms with van der Waals surface area (Å²) in [5.41, 5.74) is 8.69. The Hall–Kier alpha value is -1.68. The minimum atomic E-state index is 0.314. The number of nitrogens with one attached hydrogen (secondary N) is 2. The van der Waals surface area contributed by atoms with Crippen molar-refractivity contribution in [3.8, 4) is 0 Å². The van der Waals surface area contributed by atoms with E-state index in [2.05, 4.69) is 78.2 Å². The summed E-state index contributed by atoms with van der Waals surface area (Å²) < 4.78 is 0. The summed E-state index contributed by atoms with van der Waals surface area (Å²) in [6.07, 6.45) is 3.16. The summed E-state index contributed by atoms with van der Waals surface area (Å²) in [6.45, 7) is 4.84. The van der Waals surface area contributed by atoms with Crippen LogP contribution in [0.2, 0.25) is 0 Å². The van der Waals surface area contributed by atoms with Gasteiger partial charge in [-0.25, -0.2) is 0 Å². The van der Waals surface area contributed by atoms with Gasteiger partial charge in [0.1, 0.15) is 0 Å². The lowest BCUT2D eigenvalue weighted by Crippen LogP contribution is -2.47. The van der Waals surface area contributed by atoms with Crippen LogP contribution >= 0.6 is 0 Å². The Bertz CT molecular complexity index is 542. The van der Waals surface area contributed by atoms with Gasteiger partial charge in [0.2, 0.25) is 0 Å². The number of hydrogen-bond acceptors (Lipinski definition) is 3. The van der Waals surface area contributed by atoms with Crippen molar-refractivity contribution in [1.29, 1.82) is 0 Å². The van der Waals surface area contributed by atoms with Gasteiger partial charge in [-0.3, -0.25) is 0 Å². The highest BCUT2D eigenvalue weighted by Gasteiger charge is 2.12. The summed E-state index contributed by atoms with van der Waals surface area (Å²) >= 11 is 0. The fourth-order valence-electron chi connectivity index (χ4n) is 2.91. The van der Waals surface area contributed by atoms with Gasteiger partial charge >= 0.3 is 0 Å². The SMILES string of the molecule is CCCN[C@H](CN[C@H](CN)Cc1ccccc1)Cc1ccccc1. The van der Waals surface area contributed by atoms with Gasteiger partial charge in [-0.1, -0.05) is 67.6 Å². The fraction of sp³-hybridized carbons (Fsp3) is 0.429. The second-order valence-corrected chi connectivity index (χ2v) is 6.37. The van der Waals surface area contributed by atoms with E-state index in [1.165, 1.54) is 11.1 Å². The maximum atomic E-state index is 5.98. The molecule has 0 amide bonds. The number of nitrogens with two attached hydrogens (primary N) is 1. The first-order chi connectivity index (χ1) is 11.8. The standard InChI is InChI=1S/C21H31N3/c1-2-13-23-21(15-19-11-7-4-8-12-19)17-24-20(16-22)14-18-9-5-3-6-10-18/h3-12,20-21,23-24H,2,13-17,22H2,1H3/t20-,21-/m0/s1. The molecule has 3 nitrogen and oxygen atoms in total. The second-order valence-electron chi connectivity index (χ2n) is 6.37. The van der Waals surface area contributed by atoms with Crippen molar-refractivity contribution in [1.82, 2.24) is 10.6 Å². The molecule has 0 saturated heterocycles. The molecule has 2 atom stereocenters. The van der Waals surface area contributed by atoms with Crippen LogP contribution in [0, 0.1) is 0 Å². The molecule has 4 N–H and O–H groups in total. The van der Waals surface area contributed by atoms with Crippen molar-refractivity contribution in [3.63, 3.8) is 0 Å². The monoisotopic (exact) mass is 325 g/mol. The van der Waals surface area contributed by atoms with Crippen LogP contribution in [0.25, 0.3) is 0 Å². The van der Waals surface area contributed by atoms with Crippen molar-refractivity contribution in [2.45, 2.75) is 38.3 Å². The highest BCUT2D eigenvalue weighted by Crippen LogP contribution is 2.05. The highest BCUT2D eigenvalue weighted by atomic mass is 15.0. The molecular formula is C21H31N3. The predicted molar refractivity (Wildman–Crippen MR) is 103 cm³/mol. The normalized spacial score (nSPS) is 13.6. The van der Waals surface area contributed by atoms with Crippen LogP contribution in [0.15, 0.2) is 60.7 Å². The number of hydrogen-bond donors (Lipinski definition) is 3. The van der Waals surface area contributed by atoms with Crippen molar-refractivity contribution in [2.24, 2.45) is 5.73 Å². The first kappa shape index (κ1) is 18.7. The summed E-state index contributed by atoms with van der Waals surface area (Å²) in [6, 6.07) is 22.0. The van der Waals surface area contributed by atoms with Gasteiger partial charge in [-0.2, -0.15) is 0 Å². The molecule has 0 heterocycles. The van der Waals surface area contributed by atoms with Crippen LogP contribution in [-0.4, -0.2) is 31.7 Å². The zero-order valence-corrected chi connectivity index (χ0v) is 14.7. The first-order valence-corrected chi connectivity index (χ1v) is 9.06. The molecule has 0 radical (unpaired) electrons. The molecule has 0 aliphatic heterocycles. The molecule has 0 bridgehead atoms. The van der Waals surface area contributed by atoms with Gasteiger partial charge in [0.15, 0.2) is 0 Å². The lowest BCUT2D eigenvalue weighted by Gasteiger charge is -2.23. The predicted octanol–water partition coefficient (Wildman–Crippen LogP) is 2.76. The molecule has 3 heteroatoms. The van der Waals surface area contributed by atoms with Gasteiger partial charge < -0.3 is 16.4 Å². The maximum absolute atomic E-state index is 5.98. The maximum Gasteiger partial charge on any atom is 0.0232 e. The number of rotatable bonds is 11. The summed E-state index contributed by atoms with van der Waals surface area (Å²) in [5.74, 6) is 0. The van der Waals surface area contributed by atoms with E-state index in [1.807, 2.05) is 0 Å². The molecule has 2 aromatic carbocycles. The van der Waals surface area contributed by atoms with Gasteiger partial charge in [-0.15, -0.1) is 0 Å². The van der Waals surface area contributed by atoms with Crippen LogP contribution in [0.3, 0.4) is 0 Å². The van der Waals surface area contributed by atoms with Gasteiger partial charge in [0, 0.05) is 25.2 Å². The van der Waals surface area contributed by atoms with Gasteiger partial charge in [-0.05, 0) is 36.9 Å². The molecule has 0 saturated carbocycles. The third kappa shape index (κ3) is 6.83. The summed E-state index contributed by atoms with van der Waals surface area (Å²) in [4.78, 5) is 0. The third-order valence-electron chi connectivity index (χ3n) is 4.27. The van der Waals surface area contributed by atoms with Crippen LogP contribution in [-0.2, 0) is 12.8 Å². The Kier molecular flexibility index (Phi) is 8.53. The van der Waals surface area contributed by atoms with Crippen molar-refractivity contribution in [2.75, 3.05) is 19.6 Å². The van der Waals surface area contributed by atoms with Crippen molar-refractivity contribution in [3.05, 3.63) is 71.8 Å². The molecule has 0 aliphatic rings. The third-order valence-corrected chi connectivity index (χ3v) is 4.27. The molecule has 2 aromatic rings. The molecule has 0 aromatic heterocycles. The van der Waals surface area contributed by atoms with E-state index >= 15 is 0 Å². The minimum Gasteiger partial charge on any atom is -0.329 e. The average molecular weight is 326 g/mol. The highest BCUT2D eigenvalue weighted by molar-refractivity contribution is 5.17. The van der Waals surface area contributed by atoms with Crippen molar-refractivity contribution < 1.29 is 0 Å². The van der Waals surface area contributed by atoms with Crippen LogP contribution in [0.1, 0.15) is 24.5 Å². The van der Waals surface area contributed by atoms with Gasteiger partial charge in [0.25, 0.3) is 0 Å². The van der Waals surface area contributed by atoms with Crippen molar-refractivity contribution >= 4 is 0 Å². The lowest BCUT2D eigenvalue weighted by molar-refractivity contribution is 0.427. The second kappa shape index (κ2) is 11.0. The Morgan fingerprint density at radius 3 is 1.83 bits per heavy atom. The average Bonchev–Trinajstić information content (AvgIpc) is 2.64. The largest absolute Gasteiger partial charge is 0.329 e. The molecule has 0 spiro atoms. The quantitative estimate of drug-likeness (QED) is 0.595. The Morgan fingerprint density at radius 2 is 1.33 bits per heavy atom. The Balaban J connectivity index is 1.87. The zero-order chi connectivity index (χ0) is 17.0. The molecule has 130 valence electrons. The summed E-state index contributed by atoms with van der Waals surface area (Å²) in [7, 11) is 0. The molecule has 24 heavy (non-hydrogen) atoms. The molecular weight excluding hydrogens is 294 g/mol. The minimum absolute atomic E-state index is 0.314. The van der Waals surface area contributed by atoms with E-state index in [4.69, 9.17) is 5.73 Å². The zero-order valence-electron chi connectivity index (χ0n) is 14.7. The van der Waals surface area contributed by atoms with Gasteiger partial charge in [0.05, 0.1) is 0 Å². The van der Waals surface area contributed by atoms with Crippen LogP contribution < -0.4 is 16.4 Å².